The van der Waals surface area contributed by atoms with Crippen LogP contribution in [0, 0.1) is 59.0 Å². The molecular weight excluding hydrogens is 1030 g/mol. The number of halogens is 2. The Bertz CT molecular complexity index is 2570. The van der Waals surface area contributed by atoms with Crippen LogP contribution in [0.5, 0.6) is 11.5 Å². The van der Waals surface area contributed by atoms with Gasteiger partial charge in [-0.3, -0.25) is 0 Å². The Morgan fingerprint density at radius 1 is 0.493 bits per heavy atom. The molecule has 0 saturated carbocycles. The molecule has 4 nitrogen and oxygen atoms in total. The van der Waals surface area contributed by atoms with Gasteiger partial charge in [0.15, 0.2) is 11.6 Å². The molecule has 4 aromatic heterocycles. The van der Waals surface area contributed by atoms with Crippen LogP contribution in [0.4, 0.5) is 20.2 Å². The van der Waals surface area contributed by atoms with Gasteiger partial charge in [-0.25, -0.2) is 8.78 Å². The summed E-state index contributed by atoms with van der Waals surface area (Å²) in [6.07, 6.45) is 22.0. The number of ether oxygens (including phenoxy) is 2. The van der Waals surface area contributed by atoms with E-state index in [1.165, 1.54) is 99.7 Å². The van der Waals surface area contributed by atoms with Crippen molar-refractivity contribution < 1.29 is 22.6 Å². The molecule has 0 fully saturated rings. The largest absolute Gasteiger partial charge is 0.481 e. The van der Waals surface area contributed by atoms with Crippen molar-refractivity contribution in [2.24, 2.45) is 47.3 Å². The zero-order chi connectivity index (χ0) is 54.2. The Balaban J connectivity index is 1.29. The molecule has 2 aliphatic rings. The molecule has 3 N–H and O–H groups in total. The SMILES string of the molecule is CC(C)CCCC(C)CCC1(CCC(C)CCCC(C)C)Oc2ccsc2-c2sc(-c3c(N)c([NH+]=S)c(-c4cc5c(s4)-c4sccc4OC5(CCC(C)CCCC(C)C)CCC(C)CCCC(C)C)c(F)c3F)cc21. The van der Waals surface area contributed by atoms with Crippen LogP contribution in [0.1, 0.15) is 223 Å². The lowest BCUT2D eigenvalue weighted by molar-refractivity contribution is -0.313. The second-order valence-electron chi connectivity index (χ2n) is 25.3. The number of anilines is 1. The van der Waals surface area contributed by atoms with Crippen LogP contribution < -0.4 is 19.6 Å². The van der Waals surface area contributed by atoms with Gasteiger partial charge >= 0.3 is 0 Å². The van der Waals surface area contributed by atoms with Gasteiger partial charge in [0.2, 0.25) is 0 Å². The summed E-state index contributed by atoms with van der Waals surface area (Å²) in [5, 5.41) is 4.19. The fourth-order valence-electron chi connectivity index (χ4n) is 11.9. The summed E-state index contributed by atoms with van der Waals surface area (Å²) in [6, 6.07) is 8.39. The van der Waals surface area contributed by atoms with Crippen molar-refractivity contribution in [3.8, 4) is 51.9 Å². The van der Waals surface area contributed by atoms with E-state index in [-0.39, 0.29) is 22.5 Å². The maximum Gasteiger partial charge on any atom is 0.268 e. The van der Waals surface area contributed by atoms with Gasteiger partial charge in [0, 0.05) is 20.9 Å². The minimum absolute atomic E-state index is 0.0663. The number of hydrogen-bond donors (Lipinski definition) is 2. The molecule has 0 aliphatic carbocycles. The first-order valence-electron chi connectivity index (χ1n) is 29.3. The van der Waals surface area contributed by atoms with E-state index < -0.39 is 22.8 Å². The first-order chi connectivity index (χ1) is 35.8. The van der Waals surface area contributed by atoms with Crippen LogP contribution >= 0.6 is 45.3 Å². The fourth-order valence-corrected chi connectivity index (χ4v) is 16.7. The highest BCUT2D eigenvalue weighted by Gasteiger charge is 2.46. The molecule has 0 saturated heterocycles. The number of nitrogens with two attached hydrogens (primary N) is 1. The Labute approximate surface area is 474 Å². The first-order valence-corrected chi connectivity index (χ1v) is 33.1. The molecule has 6 heterocycles. The van der Waals surface area contributed by atoms with Gasteiger partial charge in [-0.1, -0.05) is 160 Å². The highest BCUT2D eigenvalue weighted by atomic mass is 32.1. The second-order valence-corrected chi connectivity index (χ2v) is 29.4. The van der Waals surface area contributed by atoms with Crippen LogP contribution in [0.25, 0.3) is 40.4 Å². The Kier molecular flexibility index (Phi) is 21.6. The van der Waals surface area contributed by atoms with Crippen LogP contribution in [-0.2, 0) is 23.6 Å². The van der Waals surface area contributed by atoms with Crippen molar-refractivity contribution in [2.75, 3.05) is 5.73 Å². The molecule has 75 heavy (non-hydrogen) atoms. The molecule has 0 bridgehead atoms. The maximum absolute atomic E-state index is 17.7. The lowest BCUT2D eigenvalue weighted by Gasteiger charge is -2.39. The molecule has 4 atom stereocenters. The molecule has 0 amide bonds. The topological polar surface area (TPSA) is 58.5 Å². The fraction of sp³-hybridized carbons (Fsp3) is 0.656. The zero-order valence-corrected chi connectivity index (χ0v) is 52.0. The van der Waals surface area contributed by atoms with E-state index in [9.17, 15) is 0 Å². The van der Waals surface area contributed by atoms with Crippen LogP contribution in [0.15, 0.2) is 35.0 Å². The van der Waals surface area contributed by atoms with Crippen LogP contribution in [-0.4, -0.2) is 0 Å². The molecule has 0 radical (unpaired) electrons. The van der Waals surface area contributed by atoms with Gasteiger partial charge in [0.05, 0.1) is 25.1 Å². The lowest BCUT2D eigenvalue weighted by atomic mass is 9.78. The van der Waals surface area contributed by atoms with Crippen molar-refractivity contribution in [1.82, 2.24) is 0 Å². The number of benzene rings is 1. The van der Waals surface area contributed by atoms with Gasteiger partial charge in [-0.2, -0.15) is 0 Å². The summed E-state index contributed by atoms with van der Waals surface area (Å²) in [5.41, 5.74) is 8.67. The van der Waals surface area contributed by atoms with E-state index in [0.717, 1.165) is 93.5 Å². The lowest BCUT2D eigenvalue weighted by Crippen LogP contribution is -2.57. The van der Waals surface area contributed by atoms with E-state index in [0.29, 0.717) is 57.1 Å². The monoisotopic (exact) mass is 1120 g/mol. The predicted octanol–water partition coefficient (Wildman–Crippen LogP) is 21.0. The van der Waals surface area contributed by atoms with Crippen molar-refractivity contribution in [3.05, 3.63) is 57.8 Å². The van der Waals surface area contributed by atoms with Gasteiger partial charge in [0.25, 0.3) is 18.1 Å². The number of rotatable bonds is 31. The predicted molar refractivity (Wildman–Crippen MR) is 325 cm³/mol. The van der Waals surface area contributed by atoms with Crippen molar-refractivity contribution >= 4 is 69.1 Å². The van der Waals surface area contributed by atoms with Gasteiger partial charge in [-0.05, 0) is 134 Å². The number of nitrogen functional groups attached to an aromatic ring is 1. The average Bonchev–Trinajstić information content (AvgIpc) is 4.19. The van der Waals surface area contributed by atoms with E-state index in [1.54, 1.807) is 22.7 Å². The third kappa shape index (κ3) is 14.6. The molecule has 7 rings (SSSR count). The molecule has 414 valence electrons. The Morgan fingerprint density at radius 3 is 1.16 bits per heavy atom. The summed E-state index contributed by atoms with van der Waals surface area (Å²) in [7, 11) is 0. The quantitative estimate of drug-likeness (QED) is 0.0434. The minimum Gasteiger partial charge on any atom is -0.481 e. The highest BCUT2D eigenvalue weighted by Crippen LogP contribution is 2.60. The summed E-state index contributed by atoms with van der Waals surface area (Å²) < 4.78 is 52.9. The molecule has 1 aromatic carbocycles. The van der Waals surface area contributed by atoms with Crippen molar-refractivity contribution in [1.29, 1.82) is 0 Å². The third-order valence-electron chi connectivity index (χ3n) is 16.8. The smallest absolute Gasteiger partial charge is 0.268 e. The van der Waals surface area contributed by atoms with Gasteiger partial charge in [0.1, 0.15) is 34.0 Å². The Hall–Kier alpha value is -2.70. The molecular formula is C64H93F2N2O2S5+. The van der Waals surface area contributed by atoms with Gasteiger partial charge < -0.3 is 15.2 Å². The number of hydrogen-bond acceptors (Lipinski definition) is 8. The summed E-state index contributed by atoms with van der Waals surface area (Å²) >= 11 is 12.0. The van der Waals surface area contributed by atoms with Crippen molar-refractivity contribution in [2.45, 2.75) is 223 Å². The molecule has 0 spiro atoms. The van der Waals surface area contributed by atoms with E-state index in [2.05, 4.69) is 122 Å². The first kappa shape index (κ1) is 60.0. The minimum atomic E-state index is -0.943. The number of fused-ring (bicyclic) bond motifs is 6. The van der Waals surface area contributed by atoms with Crippen LogP contribution in [0.2, 0.25) is 0 Å². The van der Waals surface area contributed by atoms with E-state index in [4.69, 9.17) is 27.6 Å². The summed E-state index contributed by atoms with van der Waals surface area (Å²) in [5.74, 6) is 4.79. The number of thiophene rings is 4. The maximum atomic E-state index is 17.7. The Morgan fingerprint density at radius 2 is 0.827 bits per heavy atom. The normalized spacial score (nSPS) is 18.7. The standard InChI is InChI=1S/C64H92F2N2O2S5/c1-39(2)17-13-21-43(9)25-31-63(32-26-44(10)22-14-18-40(3)4)47-37-51(74-59(47)61-49(69-63)29-35-72-61)53-55(65)56(66)54(58(68-71)57(53)67)52-38-48-60(75-52)62-50(30-36-73-62)70-64(48,33-27-45(11)23-15-19-41(5)6)34-28-46(12)24-16-20-42(7)8/h29-30,35-46H,13-28,31-34,67H2,1-12H3/p+1. The molecule has 11 heteroatoms. The van der Waals surface area contributed by atoms with Crippen LogP contribution in [0.3, 0.4) is 0 Å². The molecule has 4 unspecified atom stereocenters. The molecule has 5 aromatic rings. The van der Waals surface area contributed by atoms with E-state index in [1.807, 2.05) is 0 Å². The average molecular weight is 1120 g/mol. The molecule has 2 aliphatic heterocycles. The highest BCUT2D eigenvalue weighted by molar-refractivity contribution is 7.44. The summed E-state index contributed by atoms with van der Waals surface area (Å²) in [4.78, 5) is 5.45. The van der Waals surface area contributed by atoms with Crippen molar-refractivity contribution in [3.63, 3.8) is 0 Å². The summed E-state index contributed by atoms with van der Waals surface area (Å²) in [6.45, 7) is 28.0. The van der Waals surface area contributed by atoms with E-state index >= 15 is 8.78 Å². The zero-order valence-electron chi connectivity index (χ0n) is 47.9. The number of nitrogens with one attached hydrogen (secondary N) is 1. The van der Waals surface area contributed by atoms with Gasteiger partial charge in [-0.15, -0.1) is 49.7 Å². The second kappa shape index (κ2) is 27.0. The third-order valence-corrected chi connectivity index (χ3v) is 21.4.